The average Bonchev–Trinajstić information content (AvgIpc) is 2.39. The summed E-state index contributed by atoms with van der Waals surface area (Å²) in [5.41, 5.74) is 0.854. The molecule has 2 aromatic carbocycles. The topological polar surface area (TPSA) is 34.1 Å². The molecule has 0 amide bonds. The van der Waals surface area contributed by atoms with Crippen molar-refractivity contribution >= 4 is 29.2 Å². The Morgan fingerprint density at radius 2 is 0.882 bits per heavy atom. The molecule has 0 spiro atoms. The Morgan fingerprint density at radius 3 is 1.18 bits per heavy atom. The van der Waals surface area contributed by atoms with E-state index in [0.29, 0.717) is 11.1 Å². The molecule has 0 saturated carbocycles. The molecule has 2 aromatic rings. The fourth-order valence-electron chi connectivity index (χ4n) is 1.44. The van der Waals surface area contributed by atoms with Crippen LogP contribution in [-0.4, -0.2) is 29.2 Å². The Hall–Kier alpha value is -1.68. The van der Waals surface area contributed by atoms with E-state index in [9.17, 15) is 9.59 Å². The first-order chi connectivity index (χ1) is 7.79. The van der Waals surface area contributed by atoms with E-state index >= 15 is 0 Å². The fourth-order valence-corrected chi connectivity index (χ4v) is 1.44. The van der Waals surface area contributed by atoms with Crippen LogP contribution in [0.4, 0.5) is 0 Å². The minimum atomic E-state index is -0.466. The molecule has 2 nitrogen and oxygen atoms in total. The second kappa shape index (κ2) is 6.16. The van der Waals surface area contributed by atoms with Crippen LogP contribution in [0.3, 0.4) is 0 Å². The average molecular weight is 287 g/mol. The van der Waals surface area contributed by atoms with E-state index in [2.05, 4.69) is 0 Å². The van der Waals surface area contributed by atoms with Crippen molar-refractivity contribution < 1.29 is 9.59 Å². The molecule has 2 rings (SSSR count). The first-order valence-corrected chi connectivity index (χ1v) is 4.98. The Morgan fingerprint density at radius 1 is 0.588 bits per heavy atom. The Kier molecular flexibility index (Phi) is 4.85. The summed E-state index contributed by atoms with van der Waals surface area (Å²) < 4.78 is 0. The number of carbonyl (C=O) groups excluding carboxylic acids is 2. The van der Waals surface area contributed by atoms with Crippen LogP contribution in [0.15, 0.2) is 60.7 Å². The molecule has 3 heteroatoms. The van der Waals surface area contributed by atoms with Crippen molar-refractivity contribution in [3.05, 3.63) is 71.8 Å². The number of carbonyl (C=O) groups is 2. The van der Waals surface area contributed by atoms with Gasteiger partial charge in [0.1, 0.15) is 0 Å². The maximum absolute atomic E-state index is 11.8. The Bertz CT molecular complexity index is 457. The molecule has 0 atom stereocenters. The summed E-state index contributed by atoms with van der Waals surface area (Å²) in [7, 11) is 0. The van der Waals surface area contributed by atoms with Gasteiger partial charge in [0.05, 0.1) is 0 Å². The summed E-state index contributed by atoms with van der Waals surface area (Å²) in [6.45, 7) is 0. The normalized spacial score (nSPS) is 9.18. The van der Waals surface area contributed by atoms with Gasteiger partial charge < -0.3 is 0 Å². The number of hydrogen-bond donors (Lipinski definition) is 0. The van der Waals surface area contributed by atoms with E-state index < -0.39 is 11.6 Å². The fraction of sp³-hybridized carbons (Fsp3) is 0. The maximum atomic E-state index is 11.8. The van der Waals surface area contributed by atoms with E-state index in [-0.39, 0.29) is 17.6 Å². The summed E-state index contributed by atoms with van der Waals surface area (Å²) in [6.07, 6.45) is 0. The monoisotopic (exact) mass is 288 g/mol. The van der Waals surface area contributed by atoms with Gasteiger partial charge in [0.2, 0.25) is 11.6 Å². The third-order valence-corrected chi connectivity index (χ3v) is 2.28. The van der Waals surface area contributed by atoms with Crippen molar-refractivity contribution in [2.45, 2.75) is 0 Å². The van der Waals surface area contributed by atoms with Gasteiger partial charge in [0.15, 0.2) is 0 Å². The molecule has 0 fully saturated rings. The number of Topliss-reactive ketones (excluding diaryl/α,β-unsaturated/α-hetero) is 2. The molecular weight excluding hydrogens is 273 g/mol. The second-order valence-electron chi connectivity index (χ2n) is 3.39. The van der Waals surface area contributed by atoms with Crippen LogP contribution < -0.4 is 0 Å². The molecule has 0 aromatic heterocycles. The molecule has 0 unspecified atom stereocenters. The van der Waals surface area contributed by atoms with E-state index in [0.717, 1.165) is 0 Å². The molecule has 0 aliphatic carbocycles. The summed E-state index contributed by atoms with van der Waals surface area (Å²) >= 11 is 0. The van der Waals surface area contributed by atoms with Gasteiger partial charge in [0.25, 0.3) is 0 Å². The molecule has 0 heterocycles. The zero-order valence-electron chi connectivity index (χ0n) is 8.59. The van der Waals surface area contributed by atoms with Gasteiger partial charge in [-0.15, -0.1) is 0 Å². The first-order valence-electron chi connectivity index (χ1n) is 4.98. The molecule has 17 heavy (non-hydrogen) atoms. The number of ketones is 2. The summed E-state index contributed by atoms with van der Waals surface area (Å²) in [6, 6.07) is 17.2. The van der Waals surface area contributed by atoms with Gasteiger partial charge in [0, 0.05) is 11.1 Å². The first kappa shape index (κ1) is 13.4. The third-order valence-electron chi connectivity index (χ3n) is 2.28. The number of hydrogen-bond acceptors (Lipinski definition) is 2. The van der Waals surface area contributed by atoms with E-state index in [1.165, 1.54) is 0 Å². The minimum absolute atomic E-state index is 0. The molecule has 86 valence electrons. The van der Waals surface area contributed by atoms with Crippen molar-refractivity contribution in [2.75, 3.05) is 0 Å². The molecule has 0 radical (unpaired) electrons. The molecule has 0 bridgehead atoms. The van der Waals surface area contributed by atoms with Gasteiger partial charge >= 0.3 is 17.6 Å². The number of rotatable bonds is 3. The Labute approximate surface area is 111 Å². The van der Waals surface area contributed by atoms with Gasteiger partial charge in [-0.1, -0.05) is 60.7 Å². The van der Waals surface area contributed by atoms with E-state index in [1.54, 1.807) is 48.5 Å². The summed E-state index contributed by atoms with van der Waals surface area (Å²) in [5.74, 6) is -0.932. The third kappa shape index (κ3) is 3.14. The standard InChI is InChI=1S/C14H10O2.GeH4/c15-13(11-7-3-1-4-8-11)14(16)12-9-5-2-6-10-12;/h1-10H;1H4. The van der Waals surface area contributed by atoms with Crippen LogP contribution >= 0.6 is 0 Å². The number of benzene rings is 2. The van der Waals surface area contributed by atoms with Crippen LogP contribution in [0, 0.1) is 0 Å². The van der Waals surface area contributed by atoms with Gasteiger partial charge in [-0.05, 0) is 0 Å². The summed E-state index contributed by atoms with van der Waals surface area (Å²) in [4.78, 5) is 23.6. The van der Waals surface area contributed by atoms with Crippen LogP contribution in [0.25, 0.3) is 0 Å². The SMILES string of the molecule is O=C(C(=O)c1ccccc1)c1ccccc1.[GeH4]. The molecular formula is C14H14GeO2. The van der Waals surface area contributed by atoms with Crippen molar-refractivity contribution in [3.8, 4) is 0 Å². The van der Waals surface area contributed by atoms with Crippen molar-refractivity contribution in [1.29, 1.82) is 0 Å². The summed E-state index contributed by atoms with van der Waals surface area (Å²) in [5, 5.41) is 0. The zero-order chi connectivity index (χ0) is 11.4. The zero-order valence-corrected chi connectivity index (χ0v) is 8.59. The quantitative estimate of drug-likeness (QED) is 0.484. The van der Waals surface area contributed by atoms with Crippen molar-refractivity contribution in [1.82, 2.24) is 0 Å². The van der Waals surface area contributed by atoms with Crippen LogP contribution in [0.1, 0.15) is 20.7 Å². The van der Waals surface area contributed by atoms with Crippen molar-refractivity contribution in [2.24, 2.45) is 0 Å². The van der Waals surface area contributed by atoms with E-state index in [4.69, 9.17) is 0 Å². The van der Waals surface area contributed by atoms with E-state index in [1.807, 2.05) is 12.1 Å². The van der Waals surface area contributed by atoms with Crippen LogP contribution in [0.5, 0.6) is 0 Å². The van der Waals surface area contributed by atoms with Crippen molar-refractivity contribution in [3.63, 3.8) is 0 Å². The van der Waals surface area contributed by atoms with Gasteiger partial charge in [-0.25, -0.2) is 0 Å². The van der Waals surface area contributed by atoms with Crippen LogP contribution in [0.2, 0.25) is 0 Å². The predicted octanol–water partition coefficient (Wildman–Crippen LogP) is 1.30. The predicted molar refractivity (Wildman–Crippen MR) is 72.9 cm³/mol. The van der Waals surface area contributed by atoms with Gasteiger partial charge in [-0.3, -0.25) is 9.59 Å². The molecule has 0 saturated heterocycles. The van der Waals surface area contributed by atoms with Crippen LogP contribution in [-0.2, 0) is 0 Å². The second-order valence-corrected chi connectivity index (χ2v) is 3.39. The molecule has 0 N–H and O–H groups in total. The molecule has 0 aliphatic rings. The molecule has 0 aliphatic heterocycles. The van der Waals surface area contributed by atoms with Gasteiger partial charge in [-0.2, -0.15) is 0 Å². The Balaban J connectivity index is 0.00000144.